The van der Waals surface area contributed by atoms with Crippen molar-refractivity contribution in [1.82, 2.24) is 4.90 Å². The molecule has 0 aromatic heterocycles. The zero-order chi connectivity index (χ0) is 14.1. The predicted octanol–water partition coefficient (Wildman–Crippen LogP) is 1.79. The number of aromatic hydroxyl groups is 1. The summed E-state index contributed by atoms with van der Waals surface area (Å²) in [5.41, 5.74) is 4.01. The lowest BCUT2D eigenvalue weighted by atomic mass is 9.69. The van der Waals surface area contributed by atoms with Crippen LogP contribution in [0.5, 0.6) is 11.5 Å². The first kappa shape index (κ1) is 10.7. The second kappa shape index (κ2) is 2.71. The van der Waals surface area contributed by atoms with Gasteiger partial charge in [-0.25, -0.2) is 0 Å². The number of benzene rings is 1. The van der Waals surface area contributed by atoms with Crippen molar-refractivity contribution < 1.29 is 14.6 Å². The number of piperidine rings is 1. The molecule has 106 valence electrons. The van der Waals surface area contributed by atoms with Crippen LogP contribution in [0.2, 0.25) is 0 Å². The number of methoxy groups -OCH3 is 1. The number of nitrogens with zero attached hydrogens (tertiary/aromatic N) is 1. The van der Waals surface area contributed by atoms with Gasteiger partial charge in [-0.15, -0.1) is 0 Å². The van der Waals surface area contributed by atoms with Crippen molar-refractivity contribution in [2.24, 2.45) is 0 Å². The Morgan fingerprint density at radius 3 is 3.05 bits per heavy atom. The fourth-order valence-corrected chi connectivity index (χ4v) is 5.66. The molecule has 4 nitrogen and oxygen atoms in total. The SMILES string of the molecule is COC1=CC=C2C3N(C)C34CC23c2c4ccc(O)c2O[C@@H]13. The van der Waals surface area contributed by atoms with Crippen LogP contribution in [0.25, 0.3) is 0 Å². The summed E-state index contributed by atoms with van der Waals surface area (Å²) >= 11 is 0. The van der Waals surface area contributed by atoms with Crippen LogP contribution < -0.4 is 4.74 Å². The highest BCUT2D eigenvalue weighted by Crippen LogP contribution is 2.79. The lowest BCUT2D eigenvalue weighted by Crippen LogP contribution is -2.42. The molecule has 4 heteroatoms. The molecule has 3 aliphatic carbocycles. The second-order valence-corrected chi connectivity index (χ2v) is 6.82. The Labute approximate surface area is 122 Å². The van der Waals surface area contributed by atoms with Crippen LogP contribution >= 0.6 is 0 Å². The Morgan fingerprint density at radius 1 is 1.38 bits per heavy atom. The molecule has 1 saturated heterocycles. The van der Waals surface area contributed by atoms with Crippen LogP contribution in [0.1, 0.15) is 17.5 Å². The van der Waals surface area contributed by atoms with Crippen molar-refractivity contribution in [2.75, 3.05) is 14.2 Å². The quantitative estimate of drug-likeness (QED) is 0.797. The molecule has 2 fully saturated rings. The van der Waals surface area contributed by atoms with Crippen LogP contribution in [-0.4, -0.2) is 36.3 Å². The molecule has 1 N–H and O–H groups in total. The van der Waals surface area contributed by atoms with E-state index in [0.29, 0.717) is 11.8 Å². The van der Waals surface area contributed by atoms with E-state index in [4.69, 9.17) is 9.47 Å². The highest BCUT2D eigenvalue weighted by atomic mass is 16.5. The molecular weight excluding hydrogens is 266 g/mol. The first-order valence-corrected chi connectivity index (χ1v) is 7.39. The Balaban J connectivity index is 1.76. The molecule has 2 spiro atoms. The summed E-state index contributed by atoms with van der Waals surface area (Å²) in [5, 5.41) is 10.3. The van der Waals surface area contributed by atoms with E-state index in [1.54, 1.807) is 13.2 Å². The summed E-state index contributed by atoms with van der Waals surface area (Å²) in [6, 6.07) is 4.36. The maximum absolute atomic E-state index is 10.3. The number of ether oxygens (including phenoxy) is 2. The largest absolute Gasteiger partial charge is 0.504 e. The molecule has 2 bridgehead atoms. The fraction of sp³-hybridized carbons (Fsp3) is 0.412. The topological polar surface area (TPSA) is 41.7 Å². The van der Waals surface area contributed by atoms with Crippen LogP contribution in [0.4, 0.5) is 0 Å². The lowest BCUT2D eigenvalue weighted by molar-refractivity contribution is 0.111. The highest BCUT2D eigenvalue weighted by molar-refractivity contribution is 5.76. The molecule has 4 unspecified atom stereocenters. The van der Waals surface area contributed by atoms with E-state index < -0.39 is 0 Å². The molecule has 6 rings (SSSR count). The van der Waals surface area contributed by atoms with E-state index in [1.165, 1.54) is 16.7 Å². The number of rotatable bonds is 1. The van der Waals surface area contributed by atoms with E-state index in [1.807, 2.05) is 6.08 Å². The third-order valence-corrected chi connectivity index (χ3v) is 6.41. The maximum atomic E-state index is 10.3. The molecule has 5 aliphatic rings. The highest BCUT2D eigenvalue weighted by Gasteiger charge is 2.83. The number of phenols is 1. The molecule has 21 heavy (non-hydrogen) atoms. The second-order valence-electron chi connectivity index (χ2n) is 6.82. The first-order valence-electron chi connectivity index (χ1n) is 7.39. The third-order valence-electron chi connectivity index (χ3n) is 6.41. The predicted molar refractivity (Wildman–Crippen MR) is 75.2 cm³/mol. The van der Waals surface area contributed by atoms with Crippen LogP contribution in [0.3, 0.4) is 0 Å². The smallest absolute Gasteiger partial charge is 0.169 e. The van der Waals surface area contributed by atoms with E-state index in [-0.39, 0.29) is 22.8 Å². The van der Waals surface area contributed by atoms with Gasteiger partial charge in [0.2, 0.25) is 0 Å². The molecule has 1 aromatic rings. The normalized spacial score (nSPS) is 45.5. The van der Waals surface area contributed by atoms with Gasteiger partial charge in [0.25, 0.3) is 0 Å². The molecular formula is C17H15NO3. The minimum absolute atomic E-state index is 0.110. The molecule has 0 radical (unpaired) electrons. The van der Waals surface area contributed by atoms with Crippen molar-refractivity contribution >= 4 is 0 Å². The Hall–Kier alpha value is -1.94. The van der Waals surface area contributed by atoms with E-state index in [9.17, 15) is 5.11 Å². The summed E-state index contributed by atoms with van der Waals surface area (Å²) in [6.07, 6.45) is 5.18. The molecule has 1 aromatic carbocycles. The minimum atomic E-state index is -0.120. The van der Waals surface area contributed by atoms with Gasteiger partial charge in [-0.1, -0.05) is 12.1 Å². The van der Waals surface area contributed by atoms with Gasteiger partial charge >= 0.3 is 0 Å². The molecule has 2 heterocycles. The molecule has 1 saturated carbocycles. The van der Waals surface area contributed by atoms with Crippen molar-refractivity contribution in [2.45, 2.75) is 29.5 Å². The van der Waals surface area contributed by atoms with Gasteiger partial charge in [0.15, 0.2) is 17.6 Å². The summed E-state index contributed by atoms with van der Waals surface area (Å²) in [5.74, 6) is 1.78. The summed E-state index contributed by atoms with van der Waals surface area (Å²) in [7, 11) is 3.89. The number of likely N-dealkylation sites (tertiary alicyclic amines) is 1. The van der Waals surface area contributed by atoms with E-state index in [2.05, 4.69) is 24.1 Å². The average Bonchev–Trinajstić information content (AvgIpc) is 2.83. The zero-order valence-electron chi connectivity index (χ0n) is 11.9. The molecule has 2 aliphatic heterocycles. The Morgan fingerprint density at radius 2 is 2.24 bits per heavy atom. The Kier molecular flexibility index (Phi) is 1.38. The van der Waals surface area contributed by atoms with Gasteiger partial charge in [0.1, 0.15) is 5.76 Å². The fourth-order valence-electron chi connectivity index (χ4n) is 5.66. The lowest BCUT2D eigenvalue weighted by Gasteiger charge is -2.35. The van der Waals surface area contributed by atoms with Crippen molar-refractivity contribution in [3.63, 3.8) is 0 Å². The summed E-state index contributed by atoms with van der Waals surface area (Å²) in [4.78, 5) is 2.46. The van der Waals surface area contributed by atoms with Crippen LogP contribution in [-0.2, 0) is 15.7 Å². The number of fused-ring (bicyclic) bond motifs is 1. The van der Waals surface area contributed by atoms with E-state index >= 15 is 0 Å². The van der Waals surface area contributed by atoms with Gasteiger partial charge in [0, 0.05) is 5.56 Å². The number of hydrogen-bond donors (Lipinski definition) is 1. The monoisotopic (exact) mass is 281 g/mol. The van der Waals surface area contributed by atoms with Crippen molar-refractivity contribution in [1.29, 1.82) is 0 Å². The maximum Gasteiger partial charge on any atom is 0.169 e. The number of allylic oxidation sites excluding steroid dienone is 2. The summed E-state index contributed by atoms with van der Waals surface area (Å²) in [6.45, 7) is 0. The zero-order valence-corrected chi connectivity index (χ0v) is 11.9. The van der Waals surface area contributed by atoms with Crippen LogP contribution in [0, 0.1) is 0 Å². The molecule has 5 atom stereocenters. The first-order chi connectivity index (χ1) is 10.2. The van der Waals surface area contributed by atoms with Gasteiger partial charge in [-0.3, -0.25) is 4.90 Å². The summed E-state index contributed by atoms with van der Waals surface area (Å²) < 4.78 is 11.7. The number of likely N-dealkylation sites (N-methyl/N-ethyl adjacent to an activating group) is 1. The van der Waals surface area contributed by atoms with Crippen molar-refractivity contribution in [3.05, 3.63) is 46.7 Å². The van der Waals surface area contributed by atoms with Gasteiger partial charge in [-0.05, 0) is 36.7 Å². The van der Waals surface area contributed by atoms with Gasteiger partial charge < -0.3 is 14.6 Å². The Bertz CT molecular complexity index is 810. The minimum Gasteiger partial charge on any atom is -0.504 e. The number of hydrogen-bond acceptors (Lipinski definition) is 4. The third kappa shape index (κ3) is 0.764. The standard InChI is InChI=1S/C17H15NO3/c1-18-14-9-4-6-11(20-2)15-16(9)7-17(14,18)8-3-5-10(19)13(21-15)12(8)16/h3-6,14-15,19H,7H2,1-2H3/t14?,15-,16?,17?,18?/m0/s1. The van der Waals surface area contributed by atoms with Gasteiger partial charge in [0.05, 0.1) is 24.1 Å². The van der Waals surface area contributed by atoms with Gasteiger partial charge in [-0.2, -0.15) is 0 Å². The molecule has 0 amide bonds. The van der Waals surface area contributed by atoms with E-state index in [0.717, 1.165) is 12.2 Å². The van der Waals surface area contributed by atoms with Crippen molar-refractivity contribution in [3.8, 4) is 11.5 Å². The average molecular weight is 281 g/mol. The number of phenolic OH excluding ortho intramolecular Hbond substituents is 1. The van der Waals surface area contributed by atoms with Crippen LogP contribution in [0.15, 0.2) is 35.6 Å².